The first-order chi connectivity index (χ1) is 8.24. The van der Waals surface area contributed by atoms with Gasteiger partial charge in [-0.15, -0.1) is 0 Å². The van der Waals surface area contributed by atoms with Gasteiger partial charge in [0.2, 0.25) is 0 Å². The highest BCUT2D eigenvalue weighted by Crippen LogP contribution is 2.26. The fraction of sp³-hybridized carbons (Fsp3) is 0.462. The Morgan fingerprint density at radius 2 is 1.76 bits per heavy atom. The lowest BCUT2D eigenvalue weighted by Crippen LogP contribution is -2.04. The third kappa shape index (κ3) is 5.24. The quantitative estimate of drug-likeness (QED) is 0.707. The van der Waals surface area contributed by atoms with Crippen molar-refractivity contribution in [3.8, 4) is 11.5 Å². The van der Waals surface area contributed by atoms with Gasteiger partial charge in [-0.3, -0.25) is 4.79 Å². The van der Waals surface area contributed by atoms with Crippen LogP contribution in [0, 0.1) is 0 Å². The van der Waals surface area contributed by atoms with Gasteiger partial charge in [-0.1, -0.05) is 19.1 Å². The molecule has 17 heavy (non-hydrogen) atoms. The second-order valence-corrected chi connectivity index (χ2v) is 3.64. The maximum absolute atomic E-state index is 10.3. The van der Waals surface area contributed by atoms with E-state index in [9.17, 15) is 4.79 Å². The van der Waals surface area contributed by atoms with E-state index >= 15 is 0 Å². The van der Waals surface area contributed by atoms with Gasteiger partial charge < -0.3 is 14.6 Å². The molecule has 0 saturated heterocycles. The second-order valence-electron chi connectivity index (χ2n) is 3.64. The van der Waals surface area contributed by atoms with Crippen LogP contribution in [0.25, 0.3) is 0 Å². The van der Waals surface area contributed by atoms with E-state index in [0.717, 1.165) is 6.42 Å². The van der Waals surface area contributed by atoms with Crippen LogP contribution >= 0.6 is 0 Å². The van der Waals surface area contributed by atoms with Crippen LogP contribution in [0.2, 0.25) is 0 Å². The zero-order valence-electron chi connectivity index (χ0n) is 10.0. The molecule has 0 bridgehead atoms. The predicted molar refractivity (Wildman–Crippen MR) is 64.6 cm³/mol. The number of para-hydroxylation sites is 2. The molecule has 1 rings (SSSR count). The average molecular weight is 238 g/mol. The molecule has 0 saturated carbocycles. The number of carboxylic acid groups (broad SMARTS) is 1. The highest BCUT2D eigenvalue weighted by Gasteiger charge is 2.04. The normalized spacial score (nSPS) is 9.94. The van der Waals surface area contributed by atoms with Crippen LogP contribution in [0.4, 0.5) is 0 Å². The molecule has 0 aliphatic carbocycles. The molecule has 0 atom stereocenters. The van der Waals surface area contributed by atoms with Crippen LogP contribution in [0.5, 0.6) is 11.5 Å². The van der Waals surface area contributed by atoms with Gasteiger partial charge in [0.15, 0.2) is 11.5 Å². The monoisotopic (exact) mass is 238 g/mol. The van der Waals surface area contributed by atoms with Gasteiger partial charge in [0.05, 0.1) is 13.2 Å². The molecule has 0 spiro atoms. The summed E-state index contributed by atoms with van der Waals surface area (Å²) in [6, 6.07) is 7.42. The molecule has 0 heterocycles. The number of carboxylic acids is 1. The van der Waals surface area contributed by atoms with Crippen LogP contribution in [-0.4, -0.2) is 24.3 Å². The number of ether oxygens (including phenoxy) is 2. The van der Waals surface area contributed by atoms with Crippen LogP contribution < -0.4 is 9.47 Å². The molecule has 0 fully saturated rings. The summed E-state index contributed by atoms with van der Waals surface area (Å²) in [5.41, 5.74) is 0. The summed E-state index contributed by atoms with van der Waals surface area (Å²) in [5.74, 6) is 0.583. The van der Waals surface area contributed by atoms with E-state index in [2.05, 4.69) is 0 Å². The molecular weight excluding hydrogens is 220 g/mol. The highest BCUT2D eigenvalue weighted by molar-refractivity contribution is 5.66. The van der Waals surface area contributed by atoms with E-state index in [4.69, 9.17) is 14.6 Å². The van der Waals surface area contributed by atoms with Crippen molar-refractivity contribution in [3.63, 3.8) is 0 Å². The molecule has 1 aromatic rings. The minimum atomic E-state index is -0.802. The number of rotatable bonds is 8. The fourth-order valence-electron chi connectivity index (χ4n) is 1.31. The smallest absolute Gasteiger partial charge is 0.303 e. The molecule has 0 aliphatic heterocycles. The summed E-state index contributed by atoms with van der Waals surface area (Å²) >= 11 is 0. The lowest BCUT2D eigenvalue weighted by Gasteiger charge is -2.11. The topological polar surface area (TPSA) is 55.8 Å². The molecule has 0 unspecified atom stereocenters. The van der Waals surface area contributed by atoms with Gasteiger partial charge in [0, 0.05) is 6.42 Å². The van der Waals surface area contributed by atoms with E-state index in [0.29, 0.717) is 31.1 Å². The standard InChI is InChI=1S/C13H18O4/c1-2-9-16-11-6-3-4-7-12(11)17-10-5-8-13(14)15/h3-4,6-7H,2,5,8-10H2,1H3,(H,14,15). The fourth-order valence-corrected chi connectivity index (χ4v) is 1.31. The number of benzene rings is 1. The second kappa shape index (κ2) is 7.54. The zero-order valence-corrected chi connectivity index (χ0v) is 10.0. The van der Waals surface area contributed by atoms with Crippen molar-refractivity contribution in [3.05, 3.63) is 24.3 Å². The Bertz CT molecular complexity index is 349. The van der Waals surface area contributed by atoms with Gasteiger partial charge in [0.1, 0.15) is 0 Å². The van der Waals surface area contributed by atoms with E-state index in [1.54, 1.807) is 0 Å². The zero-order chi connectivity index (χ0) is 12.5. The summed E-state index contributed by atoms with van der Waals surface area (Å²) in [5, 5.41) is 8.50. The molecule has 4 nitrogen and oxygen atoms in total. The molecule has 94 valence electrons. The van der Waals surface area contributed by atoms with Crippen LogP contribution in [0.3, 0.4) is 0 Å². The maximum Gasteiger partial charge on any atom is 0.303 e. The predicted octanol–water partition coefficient (Wildman–Crippen LogP) is 2.72. The molecule has 4 heteroatoms. The van der Waals surface area contributed by atoms with Gasteiger partial charge in [-0.25, -0.2) is 0 Å². The molecule has 0 amide bonds. The summed E-state index contributed by atoms with van der Waals surface area (Å²) in [6.07, 6.45) is 1.56. The van der Waals surface area contributed by atoms with Crippen LogP contribution in [0.1, 0.15) is 26.2 Å². The minimum Gasteiger partial charge on any atom is -0.490 e. The van der Waals surface area contributed by atoms with Crippen molar-refractivity contribution >= 4 is 5.97 Å². The first-order valence-electron chi connectivity index (χ1n) is 5.80. The molecule has 0 aromatic heterocycles. The van der Waals surface area contributed by atoms with Crippen molar-refractivity contribution in [2.24, 2.45) is 0 Å². The average Bonchev–Trinajstić information content (AvgIpc) is 2.33. The third-order valence-electron chi connectivity index (χ3n) is 2.10. The summed E-state index contributed by atoms with van der Waals surface area (Å²) in [6.45, 7) is 3.07. The number of hydrogen-bond acceptors (Lipinski definition) is 3. The largest absolute Gasteiger partial charge is 0.490 e. The Labute approximate surface area is 101 Å². The first-order valence-corrected chi connectivity index (χ1v) is 5.80. The Morgan fingerprint density at radius 3 is 2.29 bits per heavy atom. The van der Waals surface area contributed by atoms with Crippen molar-refractivity contribution < 1.29 is 19.4 Å². The third-order valence-corrected chi connectivity index (χ3v) is 2.10. The Morgan fingerprint density at radius 1 is 1.18 bits per heavy atom. The molecular formula is C13H18O4. The molecule has 0 aliphatic rings. The summed E-state index contributed by atoms with van der Waals surface area (Å²) in [4.78, 5) is 10.3. The van der Waals surface area contributed by atoms with Gasteiger partial charge in [-0.2, -0.15) is 0 Å². The summed E-state index contributed by atoms with van der Waals surface area (Å²) < 4.78 is 11.0. The lowest BCUT2D eigenvalue weighted by molar-refractivity contribution is -0.137. The first kappa shape index (κ1) is 13.4. The van der Waals surface area contributed by atoms with E-state index < -0.39 is 5.97 Å². The van der Waals surface area contributed by atoms with Crippen molar-refractivity contribution in [2.75, 3.05) is 13.2 Å². The van der Waals surface area contributed by atoms with Crippen LogP contribution in [0.15, 0.2) is 24.3 Å². The van der Waals surface area contributed by atoms with Crippen molar-refractivity contribution in [2.45, 2.75) is 26.2 Å². The van der Waals surface area contributed by atoms with E-state index in [-0.39, 0.29) is 6.42 Å². The minimum absolute atomic E-state index is 0.123. The molecule has 1 N–H and O–H groups in total. The summed E-state index contributed by atoms with van der Waals surface area (Å²) in [7, 11) is 0. The maximum atomic E-state index is 10.3. The van der Waals surface area contributed by atoms with E-state index in [1.807, 2.05) is 31.2 Å². The number of aliphatic carboxylic acids is 1. The van der Waals surface area contributed by atoms with Gasteiger partial charge in [0.25, 0.3) is 0 Å². The van der Waals surface area contributed by atoms with Gasteiger partial charge in [-0.05, 0) is 25.0 Å². The Balaban J connectivity index is 2.43. The number of carbonyl (C=O) groups is 1. The van der Waals surface area contributed by atoms with Crippen molar-refractivity contribution in [1.82, 2.24) is 0 Å². The lowest BCUT2D eigenvalue weighted by atomic mass is 10.3. The molecule has 1 aromatic carbocycles. The van der Waals surface area contributed by atoms with Crippen molar-refractivity contribution in [1.29, 1.82) is 0 Å². The Kier molecular flexibility index (Phi) is 5.93. The SMILES string of the molecule is CCCOc1ccccc1OCCCC(=O)O. The van der Waals surface area contributed by atoms with Gasteiger partial charge >= 0.3 is 5.97 Å². The van der Waals surface area contributed by atoms with Crippen LogP contribution in [-0.2, 0) is 4.79 Å². The molecule has 0 radical (unpaired) electrons. The van der Waals surface area contributed by atoms with E-state index in [1.165, 1.54) is 0 Å². The number of hydrogen-bond donors (Lipinski definition) is 1. The highest BCUT2D eigenvalue weighted by atomic mass is 16.5. The Hall–Kier alpha value is -1.71.